The molecule has 0 aliphatic heterocycles. The van der Waals surface area contributed by atoms with Gasteiger partial charge in [0.25, 0.3) is 0 Å². The van der Waals surface area contributed by atoms with Crippen molar-refractivity contribution in [1.82, 2.24) is 5.32 Å². The Labute approximate surface area is 110 Å². The van der Waals surface area contributed by atoms with Gasteiger partial charge in [-0.1, -0.05) is 13.8 Å². The van der Waals surface area contributed by atoms with E-state index in [4.69, 9.17) is 4.74 Å². The highest BCUT2D eigenvalue weighted by atomic mass is 16.5. The Morgan fingerprint density at radius 1 is 1.44 bits per heavy atom. The second-order valence-corrected chi connectivity index (χ2v) is 5.57. The largest absolute Gasteiger partial charge is 0.466 e. The molecule has 2 N–H and O–H groups in total. The summed E-state index contributed by atoms with van der Waals surface area (Å²) in [5.41, 5.74) is 0. The fourth-order valence-electron chi connectivity index (χ4n) is 2.74. The lowest BCUT2D eigenvalue weighted by Gasteiger charge is -2.33. The summed E-state index contributed by atoms with van der Waals surface area (Å²) in [6.45, 7) is 7.17. The van der Waals surface area contributed by atoms with Crippen molar-refractivity contribution < 1.29 is 14.6 Å². The third kappa shape index (κ3) is 5.36. The van der Waals surface area contributed by atoms with E-state index in [1.54, 1.807) is 6.92 Å². The van der Waals surface area contributed by atoms with Crippen LogP contribution < -0.4 is 5.32 Å². The van der Waals surface area contributed by atoms with Crippen molar-refractivity contribution in [2.45, 2.75) is 58.6 Å². The minimum atomic E-state index is -0.643. The minimum Gasteiger partial charge on any atom is -0.466 e. The molecule has 0 radical (unpaired) electrons. The van der Waals surface area contributed by atoms with Crippen LogP contribution in [0.1, 0.15) is 46.5 Å². The zero-order valence-corrected chi connectivity index (χ0v) is 11.8. The predicted octanol–water partition coefficient (Wildman–Crippen LogP) is 1.71. The van der Waals surface area contributed by atoms with Gasteiger partial charge in [-0.2, -0.15) is 0 Å². The van der Waals surface area contributed by atoms with Crippen LogP contribution in [0.3, 0.4) is 0 Å². The fourth-order valence-corrected chi connectivity index (χ4v) is 2.74. The van der Waals surface area contributed by atoms with Crippen LogP contribution in [-0.4, -0.2) is 36.4 Å². The van der Waals surface area contributed by atoms with E-state index in [1.807, 2.05) is 0 Å². The van der Waals surface area contributed by atoms with E-state index in [9.17, 15) is 9.90 Å². The number of aliphatic hydroxyl groups excluding tert-OH is 1. The molecule has 1 fully saturated rings. The van der Waals surface area contributed by atoms with Crippen molar-refractivity contribution >= 4 is 5.97 Å². The molecule has 0 saturated heterocycles. The topological polar surface area (TPSA) is 58.6 Å². The first kappa shape index (κ1) is 15.4. The number of ether oxygens (including phenoxy) is 1. The summed E-state index contributed by atoms with van der Waals surface area (Å²) in [7, 11) is 0. The highest BCUT2D eigenvalue weighted by Gasteiger charge is 2.25. The van der Waals surface area contributed by atoms with Crippen molar-refractivity contribution in [2.24, 2.45) is 11.8 Å². The van der Waals surface area contributed by atoms with Crippen LogP contribution in [-0.2, 0) is 9.53 Å². The van der Waals surface area contributed by atoms with Gasteiger partial charge in [-0.3, -0.25) is 4.79 Å². The highest BCUT2D eigenvalue weighted by molar-refractivity contribution is 5.69. The lowest BCUT2D eigenvalue weighted by Crippen LogP contribution is -2.42. The second-order valence-electron chi connectivity index (χ2n) is 5.57. The molecule has 0 aromatic carbocycles. The van der Waals surface area contributed by atoms with Gasteiger partial charge in [-0.15, -0.1) is 0 Å². The highest BCUT2D eigenvalue weighted by Crippen LogP contribution is 2.28. The molecule has 0 aromatic heterocycles. The number of carbonyl (C=O) groups is 1. The first-order chi connectivity index (χ1) is 8.52. The lowest BCUT2D eigenvalue weighted by molar-refractivity contribution is -0.145. The van der Waals surface area contributed by atoms with Crippen molar-refractivity contribution in [3.05, 3.63) is 0 Å². The van der Waals surface area contributed by atoms with E-state index in [0.717, 1.165) is 12.3 Å². The average Bonchev–Trinajstić information content (AvgIpc) is 2.28. The molecule has 106 valence electrons. The van der Waals surface area contributed by atoms with Crippen LogP contribution in [0.5, 0.6) is 0 Å². The van der Waals surface area contributed by atoms with Gasteiger partial charge in [0.15, 0.2) is 0 Å². The molecule has 0 amide bonds. The molecule has 0 aromatic rings. The molecule has 4 nitrogen and oxygen atoms in total. The van der Waals surface area contributed by atoms with Gasteiger partial charge in [-0.05, 0) is 38.0 Å². The van der Waals surface area contributed by atoms with E-state index < -0.39 is 6.10 Å². The summed E-state index contributed by atoms with van der Waals surface area (Å²) in [5, 5.41) is 13.1. The maximum absolute atomic E-state index is 11.2. The third-order valence-electron chi connectivity index (χ3n) is 3.75. The van der Waals surface area contributed by atoms with Crippen LogP contribution in [0.4, 0.5) is 0 Å². The standard InChI is InChI=1S/C14H27NO3/c1-4-18-14(17)8-12(16)9-15-13-6-5-10(2)7-11(13)3/h10-13,15-16H,4-9H2,1-3H3. The molecule has 0 heterocycles. The Morgan fingerprint density at radius 3 is 2.78 bits per heavy atom. The molecule has 1 saturated carbocycles. The van der Waals surface area contributed by atoms with Crippen molar-refractivity contribution in [1.29, 1.82) is 0 Å². The number of carbonyl (C=O) groups excluding carboxylic acids is 1. The molecule has 4 atom stereocenters. The number of aliphatic hydroxyl groups is 1. The van der Waals surface area contributed by atoms with Crippen molar-refractivity contribution in [2.75, 3.05) is 13.2 Å². The summed E-state index contributed by atoms with van der Waals surface area (Å²) in [6, 6.07) is 0.470. The normalized spacial score (nSPS) is 29.9. The molecule has 0 spiro atoms. The van der Waals surface area contributed by atoms with Gasteiger partial charge in [0.2, 0.25) is 0 Å². The number of hydrogen-bond acceptors (Lipinski definition) is 4. The number of nitrogens with one attached hydrogen (secondary N) is 1. The van der Waals surface area contributed by atoms with Gasteiger partial charge in [0, 0.05) is 12.6 Å². The monoisotopic (exact) mass is 257 g/mol. The quantitative estimate of drug-likeness (QED) is 0.711. The van der Waals surface area contributed by atoms with E-state index in [2.05, 4.69) is 19.2 Å². The maximum Gasteiger partial charge on any atom is 0.308 e. The molecular weight excluding hydrogens is 230 g/mol. The van der Waals surface area contributed by atoms with Gasteiger partial charge in [0.1, 0.15) is 0 Å². The molecule has 1 aliphatic rings. The Bertz CT molecular complexity index is 257. The van der Waals surface area contributed by atoms with Gasteiger partial charge in [0.05, 0.1) is 19.1 Å². The lowest BCUT2D eigenvalue weighted by atomic mass is 9.80. The molecule has 1 rings (SSSR count). The first-order valence-corrected chi connectivity index (χ1v) is 7.10. The zero-order chi connectivity index (χ0) is 13.5. The molecule has 4 unspecified atom stereocenters. The van der Waals surface area contributed by atoms with Gasteiger partial charge >= 0.3 is 5.97 Å². The number of hydrogen-bond donors (Lipinski definition) is 2. The first-order valence-electron chi connectivity index (χ1n) is 7.10. The smallest absolute Gasteiger partial charge is 0.308 e. The number of esters is 1. The zero-order valence-electron chi connectivity index (χ0n) is 11.8. The Hall–Kier alpha value is -0.610. The summed E-state index contributed by atoms with van der Waals surface area (Å²) in [6.07, 6.45) is 3.09. The minimum absolute atomic E-state index is 0.0817. The van der Waals surface area contributed by atoms with Crippen LogP contribution in [0.15, 0.2) is 0 Å². The fraction of sp³-hybridized carbons (Fsp3) is 0.929. The van der Waals surface area contributed by atoms with Crippen LogP contribution in [0, 0.1) is 11.8 Å². The van der Waals surface area contributed by atoms with E-state index >= 15 is 0 Å². The maximum atomic E-state index is 11.2. The van der Waals surface area contributed by atoms with E-state index in [1.165, 1.54) is 12.8 Å². The molecular formula is C14H27NO3. The van der Waals surface area contributed by atoms with E-state index in [0.29, 0.717) is 25.1 Å². The summed E-state index contributed by atoms with van der Waals surface area (Å²) < 4.78 is 4.81. The van der Waals surface area contributed by atoms with Crippen molar-refractivity contribution in [3.63, 3.8) is 0 Å². The summed E-state index contributed by atoms with van der Waals surface area (Å²) >= 11 is 0. The van der Waals surface area contributed by atoms with Crippen LogP contribution in [0.25, 0.3) is 0 Å². The van der Waals surface area contributed by atoms with Crippen LogP contribution in [0.2, 0.25) is 0 Å². The molecule has 0 bridgehead atoms. The predicted molar refractivity (Wildman–Crippen MR) is 71.2 cm³/mol. The van der Waals surface area contributed by atoms with E-state index in [-0.39, 0.29) is 12.4 Å². The molecule has 18 heavy (non-hydrogen) atoms. The Balaban J connectivity index is 2.21. The van der Waals surface area contributed by atoms with Crippen molar-refractivity contribution in [3.8, 4) is 0 Å². The third-order valence-corrected chi connectivity index (χ3v) is 3.75. The Morgan fingerprint density at radius 2 is 2.17 bits per heavy atom. The average molecular weight is 257 g/mol. The van der Waals surface area contributed by atoms with Gasteiger partial charge in [-0.25, -0.2) is 0 Å². The molecule has 1 aliphatic carbocycles. The molecule has 4 heteroatoms. The summed E-state index contributed by atoms with van der Waals surface area (Å²) in [4.78, 5) is 11.2. The number of rotatable bonds is 6. The SMILES string of the molecule is CCOC(=O)CC(O)CNC1CCC(C)CC1C. The van der Waals surface area contributed by atoms with Gasteiger partial charge < -0.3 is 15.2 Å². The summed E-state index contributed by atoms with van der Waals surface area (Å²) in [5.74, 6) is 1.13. The van der Waals surface area contributed by atoms with Crippen LogP contribution >= 0.6 is 0 Å². The Kier molecular flexibility index (Phi) is 6.65. The second kappa shape index (κ2) is 7.74.